The highest BCUT2D eigenvalue weighted by Crippen LogP contribution is 2.29. The summed E-state index contributed by atoms with van der Waals surface area (Å²) in [7, 11) is 0. The maximum atomic E-state index is 13.0. The molecule has 0 radical (unpaired) electrons. The van der Waals surface area contributed by atoms with Crippen molar-refractivity contribution >= 4 is 40.7 Å². The smallest absolute Gasteiger partial charge is 0.258 e. The van der Waals surface area contributed by atoms with Gasteiger partial charge in [-0.05, 0) is 56.0 Å². The van der Waals surface area contributed by atoms with Crippen molar-refractivity contribution in [3.63, 3.8) is 0 Å². The lowest BCUT2D eigenvalue weighted by Gasteiger charge is -2.35. The van der Waals surface area contributed by atoms with E-state index in [4.69, 9.17) is 23.2 Å². The summed E-state index contributed by atoms with van der Waals surface area (Å²) in [6.45, 7) is 2.19. The molecule has 1 heterocycles. The highest BCUT2D eigenvalue weighted by molar-refractivity contribution is 6.36. The fourth-order valence-corrected chi connectivity index (χ4v) is 3.70. The number of hydrogen-bond acceptors (Lipinski definition) is 3. The molecule has 27 heavy (non-hydrogen) atoms. The molecular formula is C20H20Cl2N2O3. The molecule has 0 saturated carbocycles. The number of nitrogens with one attached hydrogen (secondary N) is 1. The normalized spacial score (nSPS) is 16.9. The van der Waals surface area contributed by atoms with Crippen LogP contribution in [0.15, 0.2) is 36.4 Å². The predicted octanol–water partition coefficient (Wildman–Crippen LogP) is 4.64. The molecule has 1 saturated heterocycles. The van der Waals surface area contributed by atoms with Crippen LogP contribution in [0.25, 0.3) is 0 Å². The quantitative estimate of drug-likeness (QED) is 0.779. The number of piperidine rings is 1. The van der Waals surface area contributed by atoms with Gasteiger partial charge in [0.2, 0.25) is 5.91 Å². The molecule has 142 valence electrons. The number of hydrogen-bond donors (Lipinski definition) is 2. The maximum absolute atomic E-state index is 13.0. The number of carbonyl (C=O) groups is 2. The van der Waals surface area contributed by atoms with Crippen LogP contribution in [-0.4, -0.2) is 34.4 Å². The summed E-state index contributed by atoms with van der Waals surface area (Å²) >= 11 is 12.0. The van der Waals surface area contributed by atoms with Crippen molar-refractivity contribution < 1.29 is 14.7 Å². The molecule has 2 amide bonds. The Kier molecular flexibility index (Phi) is 5.92. The van der Waals surface area contributed by atoms with Crippen LogP contribution in [0.3, 0.4) is 0 Å². The van der Waals surface area contributed by atoms with Crippen LogP contribution in [0.5, 0.6) is 5.75 Å². The number of aryl methyl sites for hydroxylation is 1. The molecule has 0 bridgehead atoms. The topological polar surface area (TPSA) is 69.6 Å². The SMILES string of the molecule is Cc1cccc(C(=O)N2CCCCC2C(=O)Nc2ccc(Cl)cc2Cl)c1O. The van der Waals surface area contributed by atoms with Gasteiger partial charge in [-0.3, -0.25) is 9.59 Å². The van der Waals surface area contributed by atoms with Crippen LogP contribution in [0.4, 0.5) is 5.69 Å². The zero-order valence-electron chi connectivity index (χ0n) is 14.8. The van der Waals surface area contributed by atoms with Crippen LogP contribution in [-0.2, 0) is 4.79 Å². The predicted molar refractivity (Wildman–Crippen MR) is 107 cm³/mol. The highest BCUT2D eigenvalue weighted by Gasteiger charge is 2.34. The van der Waals surface area contributed by atoms with Crippen LogP contribution in [0.2, 0.25) is 10.0 Å². The van der Waals surface area contributed by atoms with Gasteiger partial charge in [-0.1, -0.05) is 35.3 Å². The fourth-order valence-electron chi connectivity index (χ4n) is 3.24. The molecule has 2 aromatic carbocycles. The van der Waals surface area contributed by atoms with Gasteiger partial charge in [0.05, 0.1) is 16.3 Å². The van der Waals surface area contributed by atoms with Crippen molar-refractivity contribution in [1.29, 1.82) is 0 Å². The van der Waals surface area contributed by atoms with Crippen molar-refractivity contribution in [2.24, 2.45) is 0 Å². The Morgan fingerprint density at radius 2 is 1.96 bits per heavy atom. The van der Waals surface area contributed by atoms with Crippen LogP contribution >= 0.6 is 23.2 Å². The Bertz CT molecular complexity index is 886. The molecule has 1 aliphatic rings. The molecule has 1 atom stereocenters. The Hall–Kier alpha value is -2.24. The Morgan fingerprint density at radius 3 is 2.70 bits per heavy atom. The Morgan fingerprint density at radius 1 is 1.19 bits per heavy atom. The summed E-state index contributed by atoms with van der Waals surface area (Å²) in [5.41, 5.74) is 1.27. The zero-order valence-corrected chi connectivity index (χ0v) is 16.3. The first-order valence-corrected chi connectivity index (χ1v) is 9.49. The molecule has 0 aromatic heterocycles. The zero-order chi connectivity index (χ0) is 19.6. The summed E-state index contributed by atoms with van der Waals surface area (Å²) < 4.78 is 0. The van der Waals surface area contributed by atoms with E-state index < -0.39 is 6.04 Å². The summed E-state index contributed by atoms with van der Waals surface area (Å²) in [5, 5.41) is 13.8. The van der Waals surface area contributed by atoms with Crippen LogP contribution in [0, 0.1) is 6.92 Å². The second-order valence-corrected chi connectivity index (χ2v) is 7.44. The number of halogens is 2. The molecule has 7 heteroatoms. The van der Waals surface area contributed by atoms with Crippen molar-refractivity contribution in [2.75, 3.05) is 11.9 Å². The van der Waals surface area contributed by atoms with E-state index in [1.165, 1.54) is 4.90 Å². The molecule has 2 aromatic rings. The van der Waals surface area contributed by atoms with Gasteiger partial charge in [0.15, 0.2) is 0 Å². The number of phenols is 1. The lowest BCUT2D eigenvalue weighted by molar-refractivity contribution is -0.121. The monoisotopic (exact) mass is 406 g/mol. The van der Waals surface area contributed by atoms with Gasteiger partial charge in [-0.15, -0.1) is 0 Å². The first-order chi connectivity index (χ1) is 12.9. The van der Waals surface area contributed by atoms with E-state index in [2.05, 4.69) is 5.32 Å². The van der Waals surface area contributed by atoms with Gasteiger partial charge in [0.25, 0.3) is 5.91 Å². The third kappa shape index (κ3) is 4.20. The van der Waals surface area contributed by atoms with Gasteiger partial charge < -0.3 is 15.3 Å². The number of nitrogens with zero attached hydrogens (tertiary/aromatic N) is 1. The Labute approximate surface area is 167 Å². The molecule has 3 rings (SSSR count). The molecule has 1 unspecified atom stereocenters. The number of phenolic OH excluding ortho intramolecular Hbond substituents is 1. The molecular weight excluding hydrogens is 387 g/mol. The second kappa shape index (κ2) is 8.19. The third-order valence-corrected chi connectivity index (χ3v) is 5.27. The van der Waals surface area contributed by atoms with Crippen LogP contribution < -0.4 is 5.32 Å². The molecule has 0 aliphatic carbocycles. The van der Waals surface area contributed by atoms with Gasteiger partial charge in [-0.2, -0.15) is 0 Å². The number of para-hydroxylation sites is 1. The molecule has 1 fully saturated rings. The van der Waals surface area contributed by atoms with E-state index in [-0.39, 0.29) is 23.1 Å². The van der Waals surface area contributed by atoms with E-state index in [9.17, 15) is 14.7 Å². The van der Waals surface area contributed by atoms with Gasteiger partial charge in [0, 0.05) is 11.6 Å². The number of likely N-dealkylation sites (tertiary alicyclic amines) is 1. The number of aromatic hydroxyl groups is 1. The average Bonchev–Trinajstić information content (AvgIpc) is 2.65. The first kappa shape index (κ1) is 19.5. The van der Waals surface area contributed by atoms with E-state index in [1.807, 2.05) is 0 Å². The minimum Gasteiger partial charge on any atom is -0.507 e. The van der Waals surface area contributed by atoms with E-state index >= 15 is 0 Å². The number of benzene rings is 2. The molecule has 2 N–H and O–H groups in total. The summed E-state index contributed by atoms with van der Waals surface area (Å²) in [6.07, 6.45) is 2.20. The van der Waals surface area contributed by atoms with E-state index in [0.717, 1.165) is 12.8 Å². The van der Waals surface area contributed by atoms with Crippen molar-refractivity contribution in [2.45, 2.75) is 32.2 Å². The van der Waals surface area contributed by atoms with Crippen LogP contribution in [0.1, 0.15) is 35.2 Å². The minimum atomic E-state index is -0.627. The van der Waals surface area contributed by atoms with Crippen molar-refractivity contribution in [3.05, 3.63) is 57.6 Å². The summed E-state index contributed by atoms with van der Waals surface area (Å²) in [6, 6.07) is 9.21. The molecule has 1 aliphatic heterocycles. The second-order valence-electron chi connectivity index (χ2n) is 6.59. The summed E-state index contributed by atoms with van der Waals surface area (Å²) in [5.74, 6) is -0.703. The molecule has 5 nitrogen and oxygen atoms in total. The number of amides is 2. The van der Waals surface area contributed by atoms with E-state index in [1.54, 1.807) is 43.3 Å². The number of carbonyl (C=O) groups excluding carboxylic acids is 2. The van der Waals surface area contributed by atoms with Gasteiger partial charge in [-0.25, -0.2) is 0 Å². The number of anilines is 1. The third-order valence-electron chi connectivity index (χ3n) is 4.72. The van der Waals surface area contributed by atoms with Crippen molar-refractivity contribution in [3.8, 4) is 5.75 Å². The van der Waals surface area contributed by atoms with E-state index in [0.29, 0.717) is 34.3 Å². The lowest BCUT2D eigenvalue weighted by Crippen LogP contribution is -2.50. The van der Waals surface area contributed by atoms with Crippen molar-refractivity contribution in [1.82, 2.24) is 4.90 Å². The highest BCUT2D eigenvalue weighted by atomic mass is 35.5. The first-order valence-electron chi connectivity index (χ1n) is 8.74. The minimum absolute atomic E-state index is 0.0482. The lowest BCUT2D eigenvalue weighted by atomic mass is 9.99. The molecule has 0 spiro atoms. The fraction of sp³-hybridized carbons (Fsp3) is 0.300. The summed E-state index contributed by atoms with van der Waals surface area (Å²) in [4.78, 5) is 27.4. The van der Waals surface area contributed by atoms with Gasteiger partial charge in [0.1, 0.15) is 11.8 Å². The number of rotatable bonds is 3. The Balaban J connectivity index is 1.83. The average molecular weight is 407 g/mol. The maximum Gasteiger partial charge on any atom is 0.258 e. The largest absolute Gasteiger partial charge is 0.507 e. The van der Waals surface area contributed by atoms with Gasteiger partial charge >= 0.3 is 0 Å². The standard InChI is InChI=1S/C20H20Cl2N2O3/c1-12-5-4-6-14(18(12)25)20(27)24-10-3-2-7-17(24)19(26)23-16-9-8-13(21)11-15(16)22/h4-6,8-9,11,17,25H,2-3,7,10H2,1H3,(H,23,26).